The van der Waals surface area contributed by atoms with Gasteiger partial charge in [-0.2, -0.15) is 0 Å². The van der Waals surface area contributed by atoms with Gasteiger partial charge in [0.2, 0.25) is 0 Å². The molecule has 1 aromatic heterocycles. The summed E-state index contributed by atoms with van der Waals surface area (Å²) in [4.78, 5) is 13.1. The van der Waals surface area contributed by atoms with E-state index in [1.165, 1.54) is 6.33 Å². The Bertz CT molecular complexity index is 1090. The minimum atomic E-state index is 0.456. The quantitative estimate of drug-likeness (QED) is 0.402. The van der Waals surface area contributed by atoms with Crippen LogP contribution in [-0.2, 0) is 0 Å². The summed E-state index contributed by atoms with van der Waals surface area (Å²) in [6.07, 6.45) is 5.19. The van der Waals surface area contributed by atoms with Crippen molar-refractivity contribution in [3.05, 3.63) is 73.6 Å². The van der Waals surface area contributed by atoms with Crippen molar-refractivity contribution in [2.75, 3.05) is 37.3 Å². The number of anilines is 2. The van der Waals surface area contributed by atoms with Gasteiger partial charge in [-0.3, -0.25) is 5.41 Å². The molecule has 0 atom stereocenters. The largest absolute Gasteiger partial charge is 0.457 e. The lowest BCUT2D eigenvalue weighted by Gasteiger charge is -2.35. The van der Waals surface area contributed by atoms with Gasteiger partial charge in [0.15, 0.2) is 0 Å². The Morgan fingerprint density at radius 2 is 1.79 bits per heavy atom. The first kappa shape index (κ1) is 22.3. The van der Waals surface area contributed by atoms with Gasteiger partial charge in [-0.05, 0) is 54.7 Å². The SMILES string of the molecule is C=CC(=N)N1CCC(CN(C)c2ncnc(N)c2-c2ccc(Oc3ccccc3)cc2)CC1. The fourth-order valence-electron chi connectivity index (χ4n) is 4.23. The van der Waals surface area contributed by atoms with Gasteiger partial charge in [-0.1, -0.05) is 36.9 Å². The Balaban J connectivity index is 1.48. The first-order chi connectivity index (χ1) is 16.0. The van der Waals surface area contributed by atoms with E-state index in [-0.39, 0.29) is 0 Å². The molecule has 3 N–H and O–H groups in total. The van der Waals surface area contributed by atoms with Gasteiger partial charge in [0.25, 0.3) is 0 Å². The van der Waals surface area contributed by atoms with E-state index >= 15 is 0 Å². The number of piperidine rings is 1. The van der Waals surface area contributed by atoms with Crippen LogP contribution < -0.4 is 15.4 Å². The van der Waals surface area contributed by atoms with Crippen molar-refractivity contribution in [3.8, 4) is 22.6 Å². The monoisotopic (exact) mass is 442 g/mol. The highest BCUT2D eigenvalue weighted by atomic mass is 16.5. The average Bonchev–Trinajstić information content (AvgIpc) is 2.85. The van der Waals surface area contributed by atoms with Crippen molar-refractivity contribution in [2.24, 2.45) is 5.92 Å². The van der Waals surface area contributed by atoms with E-state index in [4.69, 9.17) is 15.9 Å². The third-order valence-electron chi connectivity index (χ3n) is 6.02. The molecule has 2 heterocycles. The summed E-state index contributed by atoms with van der Waals surface area (Å²) < 4.78 is 5.91. The van der Waals surface area contributed by atoms with E-state index in [1.807, 2.05) is 54.6 Å². The third kappa shape index (κ3) is 5.31. The second-order valence-corrected chi connectivity index (χ2v) is 8.30. The molecule has 0 unspecified atom stereocenters. The molecule has 0 radical (unpaired) electrons. The highest BCUT2D eigenvalue weighted by Crippen LogP contribution is 2.35. The van der Waals surface area contributed by atoms with Gasteiger partial charge in [-0.25, -0.2) is 9.97 Å². The number of para-hydroxylation sites is 1. The van der Waals surface area contributed by atoms with E-state index in [9.17, 15) is 0 Å². The van der Waals surface area contributed by atoms with E-state index in [0.717, 1.165) is 60.9 Å². The lowest BCUT2D eigenvalue weighted by molar-refractivity contribution is 0.269. The Morgan fingerprint density at radius 1 is 1.12 bits per heavy atom. The summed E-state index contributed by atoms with van der Waals surface area (Å²) in [5, 5.41) is 7.96. The number of aromatic nitrogens is 2. The molecule has 0 bridgehead atoms. The number of nitrogens with one attached hydrogen (secondary N) is 1. The molecule has 170 valence electrons. The number of benzene rings is 2. The summed E-state index contributed by atoms with van der Waals surface area (Å²) in [5.41, 5.74) is 8.08. The van der Waals surface area contributed by atoms with Gasteiger partial charge in [0.05, 0.1) is 5.56 Å². The zero-order chi connectivity index (χ0) is 23.2. The summed E-state index contributed by atoms with van der Waals surface area (Å²) in [7, 11) is 2.05. The van der Waals surface area contributed by atoms with Crippen molar-refractivity contribution in [3.63, 3.8) is 0 Å². The molecule has 7 heteroatoms. The number of rotatable bonds is 7. The molecule has 1 saturated heterocycles. The third-order valence-corrected chi connectivity index (χ3v) is 6.02. The minimum Gasteiger partial charge on any atom is -0.457 e. The van der Waals surface area contributed by atoms with E-state index < -0.39 is 0 Å². The van der Waals surface area contributed by atoms with Crippen LogP contribution in [-0.4, -0.2) is 47.4 Å². The molecule has 33 heavy (non-hydrogen) atoms. The Labute approximate surface area is 195 Å². The second-order valence-electron chi connectivity index (χ2n) is 8.30. The lowest BCUT2D eigenvalue weighted by atomic mass is 9.96. The maximum atomic E-state index is 7.96. The van der Waals surface area contributed by atoms with Crippen LogP contribution in [0.25, 0.3) is 11.1 Å². The number of nitrogen functional groups attached to an aromatic ring is 1. The lowest BCUT2D eigenvalue weighted by Crippen LogP contribution is -2.40. The predicted octanol–water partition coefficient (Wildman–Crippen LogP) is 4.83. The van der Waals surface area contributed by atoms with Gasteiger partial charge < -0.3 is 20.3 Å². The number of hydrogen-bond acceptors (Lipinski definition) is 6. The minimum absolute atomic E-state index is 0.456. The molecule has 0 spiro atoms. The number of nitrogens with two attached hydrogens (primary N) is 1. The Hall–Kier alpha value is -3.87. The predicted molar refractivity (Wildman–Crippen MR) is 134 cm³/mol. The normalized spacial score (nSPS) is 14.0. The molecule has 1 aliphatic rings. The Kier molecular flexibility index (Phi) is 6.88. The Morgan fingerprint density at radius 3 is 2.45 bits per heavy atom. The molecular weight excluding hydrogens is 412 g/mol. The van der Waals surface area contributed by atoms with E-state index in [2.05, 4.69) is 33.4 Å². The highest BCUT2D eigenvalue weighted by Gasteiger charge is 2.23. The highest BCUT2D eigenvalue weighted by molar-refractivity contribution is 5.89. The summed E-state index contributed by atoms with van der Waals surface area (Å²) in [5.74, 6) is 3.86. The number of amidine groups is 1. The molecule has 1 fully saturated rings. The van der Waals surface area contributed by atoms with Crippen LogP contribution >= 0.6 is 0 Å². The smallest absolute Gasteiger partial charge is 0.141 e. The summed E-state index contributed by atoms with van der Waals surface area (Å²) in [6.45, 7) is 6.34. The van der Waals surface area contributed by atoms with Crippen LogP contribution in [0.5, 0.6) is 11.5 Å². The molecule has 7 nitrogen and oxygen atoms in total. The number of ether oxygens (including phenoxy) is 1. The van der Waals surface area contributed by atoms with Crippen LogP contribution in [0.4, 0.5) is 11.6 Å². The van der Waals surface area contributed by atoms with Crippen LogP contribution in [0, 0.1) is 11.3 Å². The van der Waals surface area contributed by atoms with Crippen LogP contribution in [0.3, 0.4) is 0 Å². The zero-order valence-electron chi connectivity index (χ0n) is 18.9. The van der Waals surface area contributed by atoms with Crippen molar-refractivity contribution < 1.29 is 4.74 Å². The van der Waals surface area contributed by atoms with Crippen LogP contribution in [0.1, 0.15) is 12.8 Å². The first-order valence-corrected chi connectivity index (χ1v) is 11.2. The molecular formula is C26H30N6O. The van der Waals surface area contributed by atoms with E-state index in [0.29, 0.717) is 17.6 Å². The van der Waals surface area contributed by atoms with Crippen molar-refractivity contribution in [2.45, 2.75) is 12.8 Å². The fraction of sp³-hybridized carbons (Fsp3) is 0.269. The summed E-state index contributed by atoms with van der Waals surface area (Å²) in [6, 6.07) is 17.5. The molecule has 0 aliphatic carbocycles. The van der Waals surface area contributed by atoms with Crippen molar-refractivity contribution >= 4 is 17.5 Å². The molecule has 0 amide bonds. The number of hydrogen-bond donors (Lipinski definition) is 2. The fourth-order valence-corrected chi connectivity index (χ4v) is 4.23. The maximum absolute atomic E-state index is 7.96. The zero-order valence-corrected chi connectivity index (χ0v) is 18.9. The second kappa shape index (κ2) is 10.2. The van der Waals surface area contributed by atoms with Crippen molar-refractivity contribution in [1.29, 1.82) is 5.41 Å². The molecule has 0 saturated carbocycles. The van der Waals surface area contributed by atoms with Gasteiger partial charge in [0.1, 0.15) is 35.3 Å². The summed E-state index contributed by atoms with van der Waals surface area (Å²) >= 11 is 0. The number of nitrogens with zero attached hydrogens (tertiary/aromatic N) is 4. The topological polar surface area (TPSA) is 91.4 Å². The molecule has 3 aromatic rings. The van der Waals surface area contributed by atoms with E-state index in [1.54, 1.807) is 6.08 Å². The van der Waals surface area contributed by atoms with Crippen LogP contribution in [0.15, 0.2) is 73.6 Å². The maximum Gasteiger partial charge on any atom is 0.141 e. The molecule has 4 rings (SSSR count). The molecule has 1 aliphatic heterocycles. The average molecular weight is 443 g/mol. The van der Waals surface area contributed by atoms with Gasteiger partial charge in [-0.15, -0.1) is 0 Å². The van der Waals surface area contributed by atoms with Gasteiger partial charge >= 0.3 is 0 Å². The molecule has 2 aromatic carbocycles. The standard InChI is InChI=1S/C26H30N6O/c1-3-23(27)32-15-13-19(14-16-32)17-31(2)26-24(25(28)29-18-30-26)20-9-11-22(12-10-20)33-21-7-5-4-6-8-21/h3-12,18-19,27H,1,13-17H2,2H3,(H2,28,29,30). The van der Waals surface area contributed by atoms with Crippen molar-refractivity contribution in [1.82, 2.24) is 14.9 Å². The number of likely N-dealkylation sites (tertiary alicyclic amines) is 1. The van der Waals surface area contributed by atoms with Crippen LogP contribution in [0.2, 0.25) is 0 Å². The first-order valence-electron chi connectivity index (χ1n) is 11.2. The van der Waals surface area contributed by atoms with Gasteiger partial charge in [0, 0.05) is 26.7 Å².